The molecule has 4 nitrogen and oxygen atoms in total. The Morgan fingerprint density at radius 1 is 1.05 bits per heavy atom. The maximum atomic E-state index is 4.03. The Balaban J connectivity index is 2.27. The first-order valence-corrected chi connectivity index (χ1v) is 6.75. The van der Waals surface area contributed by atoms with Crippen molar-refractivity contribution in [3.63, 3.8) is 0 Å². The summed E-state index contributed by atoms with van der Waals surface area (Å²) in [5.41, 5.74) is 1.18. The fourth-order valence-corrected chi connectivity index (χ4v) is 2.80. The summed E-state index contributed by atoms with van der Waals surface area (Å²) >= 11 is 0. The molecule has 0 atom stereocenters. The molecule has 0 amide bonds. The van der Waals surface area contributed by atoms with E-state index in [2.05, 4.69) is 63.4 Å². The standard InChI is InChI=1S/C16H14N4/c1-2-17-15-7-11-5-3-4-6-13(11)16-14-9-19-18-8-12(14)10-20(15)16/h3-10,17H,2H2,1H3. The minimum absolute atomic E-state index is 0.887. The molecule has 0 radical (unpaired) electrons. The number of anilines is 1. The van der Waals surface area contributed by atoms with Crippen molar-refractivity contribution in [3.8, 4) is 0 Å². The van der Waals surface area contributed by atoms with Crippen LogP contribution in [0.2, 0.25) is 0 Å². The fraction of sp³-hybridized carbons (Fsp3) is 0.125. The lowest BCUT2D eigenvalue weighted by atomic mass is 10.1. The Labute approximate surface area is 116 Å². The van der Waals surface area contributed by atoms with Crippen molar-refractivity contribution in [3.05, 3.63) is 48.9 Å². The summed E-state index contributed by atoms with van der Waals surface area (Å²) in [5, 5.41) is 16.1. The van der Waals surface area contributed by atoms with Gasteiger partial charge in [-0.25, -0.2) is 0 Å². The van der Waals surface area contributed by atoms with Gasteiger partial charge in [0.1, 0.15) is 5.82 Å². The van der Waals surface area contributed by atoms with Crippen LogP contribution >= 0.6 is 0 Å². The van der Waals surface area contributed by atoms with E-state index in [1.165, 1.54) is 16.3 Å². The van der Waals surface area contributed by atoms with Crippen molar-refractivity contribution in [2.24, 2.45) is 0 Å². The van der Waals surface area contributed by atoms with Crippen molar-refractivity contribution in [1.29, 1.82) is 0 Å². The molecule has 0 aliphatic heterocycles. The Kier molecular flexibility index (Phi) is 2.36. The number of benzene rings is 1. The summed E-state index contributed by atoms with van der Waals surface area (Å²) in [4.78, 5) is 0. The molecule has 1 aromatic carbocycles. The van der Waals surface area contributed by atoms with E-state index in [0.29, 0.717) is 0 Å². The van der Waals surface area contributed by atoms with E-state index in [4.69, 9.17) is 0 Å². The average molecular weight is 262 g/mol. The van der Waals surface area contributed by atoms with Crippen LogP contribution in [-0.2, 0) is 0 Å². The quantitative estimate of drug-likeness (QED) is 0.601. The molecule has 20 heavy (non-hydrogen) atoms. The molecule has 4 heteroatoms. The molecule has 0 aliphatic rings. The smallest absolute Gasteiger partial charge is 0.111 e. The van der Waals surface area contributed by atoms with Crippen LogP contribution in [0, 0.1) is 0 Å². The van der Waals surface area contributed by atoms with Gasteiger partial charge in [0.15, 0.2) is 0 Å². The normalized spacial score (nSPS) is 11.4. The van der Waals surface area contributed by atoms with Gasteiger partial charge in [-0.3, -0.25) is 0 Å². The minimum atomic E-state index is 0.887. The molecule has 0 spiro atoms. The van der Waals surface area contributed by atoms with E-state index < -0.39 is 0 Å². The van der Waals surface area contributed by atoms with Gasteiger partial charge in [-0.2, -0.15) is 10.2 Å². The molecule has 0 fully saturated rings. The highest BCUT2D eigenvalue weighted by Gasteiger charge is 2.10. The summed E-state index contributed by atoms with van der Waals surface area (Å²) < 4.78 is 2.19. The number of hydrogen-bond donors (Lipinski definition) is 1. The molecule has 0 saturated carbocycles. The highest BCUT2D eigenvalue weighted by Crippen LogP contribution is 2.31. The van der Waals surface area contributed by atoms with Gasteiger partial charge in [-0.15, -0.1) is 0 Å². The average Bonchev–Trinajstić information content (AvgIpc) is 2.88. The molecule has 0 saturated heterocycles. The van der Waals surface area contributed by atoms with Crippen LogP contribution in [0.3, 0.4) is 0 Å². The molecule has 0 unspecified atom stereocenters. The molecule has 4 rings (SSSR count). The topological polar surface area (TPSA) is 42.2 Å². The van der Waals surface area contributed by atoms with Gasteiger partial charge < -0.3 is 9.72 Å². The monoisotopic (exact) mass is 262 g/mol. The summed E-state index contributed by atoms with van der Waals surface area (Å²) in [6, 6.07) is 10.6. The van der Waals surface area contributed by atoms with E-state index in [1.54, 1.807) is 0 Å². The van der Waals surface area contributed by atoms with Gasteiger partial charge in [-0.1, -0.05) is 24.3 Å². The lowest BCUT2D eigenvalue weighted by Crippen LogP contribution is -2.02. The largest absolute Gasteiger partial charge is 0.371 e. The number of aromatic nitrogens is 3. The number of nitrogens with one attached hydrogen (secondary N) is 1. The van der Waals surface area contributed by atoms with E-state index in [1.807, 2.05) is 12.4 Å². The second-order valence-electron chi connectivity index (χ2n) is 4.85. The lowest BCUT2D eigenvalue weighted by molar-refractivity contribution is 1.05. The zero-order valence-corrected chi connectivity index (χ0v) is 11.2. The molecule has 0 bridgehead atoms. The first-order chi connectivity index (χ1) is 9.88. The maximum absolute atomic E-state index is 4.03. The first-order valence-electron chi connectivity index (χ1n) is 6.75. The zero-order chi connectivity index (χ0) is 13.5. The van der Waals surface area contributed by atoms with E-state index in [-0.39, 0.29) is 0 Å². The van der Waals surface area contributed by atoms with Crippen LogP contribution in [0.15, 0.2) is 48.9 Å². The zero-order valence-electron chi connectivity index (χ0n) is 11.2. The second-order valence-corrected chi connectivity index (χ2v) is 4.85. The van der Waals surface area contributed by atoms with Gasteiger partial charge in [-0.05, 0) is 18.4 Å². The van der Waals surface area contributed by atoms with Crippen molar-refractivity contribution in [1.82, 2.24) is 14.6 Å². The third-order valence-electron chi connectivity index (χ3n) is 3.65. The van der Waals surface area contributed by atoms with Crippen LogP contribution in [0.1, 0.15) is 6.92 Å². The van der Waals surface area contributed by atoms with Crippen molar-refractivity contribution in [2.45, 2.75) is 6.92 Å². The third kappa shape index (κ3) is 1.48. The molecule has 0 aliphatic carbocycles. The van der Waals surface area contributed by atoms with Crippen molar-refractivity contribution < 1.29 is 0 Å². The SMILES string of the molecule is CCNc1cc2ccccc2c2c3cnncc3cn12. The Morgan fingerprint density at radius 3 is 2.80 bits per heavy atom. The van der Waals surface area contributed by atoms with Crippen LogP contribution in [-0.4, -0.2) is 21.1 Å². The maximum Gasteiger partial charge on any atom is 0.111 e. The van der Waals surface area contributed by atoms with Crippen LogP contribution in [0.4, 0.5) is 5.82 Å². The predicted molar refractivity (Wildman–Crippen MR) is 82.2 cm³/mol. The predicted octanol–water partition coefficient (Wildman–Crippen LogP) is 3.47. The molecule has 98 valence electrons. The number of nitrogens with zero attached hydrogens (tertiary/aromatic N) is 3. The van der Waals surface area contributed by atoms with Gasteiger partial charge in [0.2, 0.25) is 0 Å². The summed E-state index contributed by atoms with van der Waals surface area (Å²) in [6.07, 6.45) is 5.77. The summed E-state index contributed by atoms with van der Waals surface area (Å²) in [6.45, 7) is 2.99. The van der Waals surface area contributed by atoms with Gasteiger partial charge in [0.25, 0.3) is 0 Å². The summed E-state index contributed by atoms with van der Waals surface area (Å²) in [5.74, 6) is 1.09. The highest BCUT2D eigenvalue weighted by atomic mass is 15.1. The molecular formula is C16H14N4. The third-order valence-corrected chi connectivity index (χ3v) is 3.65. The highest BCUT2D eigenvalue weighted by molar-refractivity contribution is 6.11. The minimum Gasteiger partial charge on any atom is -0.371 e. The molecule has 3 aromatic heterocycles. The molecular weight excluding hydrogens is 248 g/mol. The first kappa shape index (κ1) is 11.2. The van der Waals surface area contributed by atoms with E-state index in [0.717, 1.165) is 23.1 Å². The van der Waals surface area contributed by atoms with Crippen LogP contribution in [0.25, 0.3) is 27.1 Å². The lowest BCUT2D eigenvalue weighted by Gasteiger charge is -2.10. The van der Waals surface area contributed by atoms with E-state index >= 15 is 0 Å². The number of rotatable bonds is 2. The van der Waals surface area contributed by atoms with Crippen LogP contribution < -0.4 is 5.32 Å². The molecule has 1 N–H and O–H groups in total. The molecule has 3 heterocycles. The Hall–Kier alpha value is -2.62. The van der Waals surface area contributed by atoms with Crippen molar-refractivity contribution >= 4 is 32.9 Å². The van der Waals surface area contributed by atoms with Gasteiger partial charge in [0, 0.05) is 28.9 Å². The van der Waals surface area contributed by atoms with Gasteiger partial charge in [0.05, 0.1) is 17.9 Å². The number of pyridine rings is 1. The summed E-state index contributed by atoms with van der Waals surface area (Å²) in [7, 11) is 0. The molecule has 4 aromatic rings. The Morgan fingerprint density at radius 2 is 1.90 bits per heavy atom. The van der Waals surface area contributed by atoms with Crippen LogP contribution in [0.5, 0.6) is 0 Å². The fourth-order valence-electron chi connectivity index (χ4n) is 2.80. The van der Waals surface area contributed by atoms with E-state index in [9.17, 15) is 0 Å². The number of hydrogen-bond acceptors (Lipinski definition) is 3. The van der Waals surface area contributed by atoms with Crippen molar-refractivity contribution in [2.75, 3.05) is 11.9 Å². The Bertz CT molecular complexity index is 924. The van der Waals surface area contributed by atoms with Gasteiger partial charge >= 0.3 is 0 Å². The second kappa shape index (κ2) is 4.20. The number of fused-ring (bicyclic) bond motifs is 5.